The number of anilines is 1. The highest BCUT2D eigenvalue weighted by atomic mass is 35.5. The third-order valence-electron chi connectivity index (χ3n) is 6.19. The maximum absolute atomic E-state index is 11.4. The Hall–Kier alpha value is -1.68. The Morgan fingerprint density at radius 1 is 1.12 bits per heavy atom. The largest absolute Gasteiger partial charge is 0.748 e. The maximum atomic E-state index is 11.4. The van der Waals surface area contributed by atoms with Gasteiger partial charge in [-0.3, -0.25) is 4.55 Å². The van der Waals surface area contributed by atoms with Gasteiger partial charge in [0.15, 0.2) is 6.54 Å². The summed E-state index contributed by atoms with van der Waals surface area (Å²) in [6.45, 7) is 3.88. The molecule has 222 valence electrons. The quantitative estimate of drug-likeness (QED) is 0.208. The van der Waals surface area contributed by atoms with Gasteiger partial charge in [0.1, 0.15) is 10.5 Å². The molecule has 2 unspecified atom stereocenters. The summed E-state index contributed by atoms with van der Waals surface area (Å²) in [4.78, 5) is 2.64. The summed E-state index contributed by atoms with van der Waals surface area (Å²) in [5, 5.41) is 13.0. The molecule has 9 nitrogen and oxygen atoms in total. The molecule has 0 saturated carbocycles. The van der Waals surface area contributed by atoms with Crippen LogP contribution in [0.5, 0.6) is 0 Å². The van der Waals surface area contributed by atoms with Crippen LogP contribution in [0.2, 0.25) is 10.0 Å². The van der Waals surface area contributed by atoms with Crippen molar-refractivity contribution in [2.24, 2.45) is 5.92 Å². The second kappa shape index (κ2) is 12.9. The summed E-state index contributed by atoms with van der Waals surface area (Å²) in [5.74, 6) is -1.75. The van der Waals surface area contributed by atoms with Crippen molar-refractivity contribution in [3.63, 3.8) is 0 Å². The molecule has 0 amide bonds. The van der Waals surface area contributed by atoms with Gasteiger partial charge >= 0.3 is 0 Å². The summed E-state index contributed by atoms with van der Waals surface area (Å²) in [7, 11) is -8.79. The zero-order chi connectivity index (χ0) is 30.1. The minimum Gasteiger partial charge on any atom is -0.748 e. The highest BCUT2D eigenvalue weighted by molar-refractivity contribution is 8.03. The highest BCUT2D eigenvalue weighted by Crippen LogP contribution is 2.47. The Morgan fingerprint density at radius 3 is 2.46 bits per heavy atom. The van der Waals surface area contributed by atoms with Crippen LogP contribution in [-0.2, 0) is 26.8 Å². The molecule has 3 aromatic rings. The zero-order valence-electron chi connectivity index (χ0n) is 22.0. The van der Waals surface area contributed by atoms with Crippen LogP contribution >= 0.6 is 46.3 Å². The summed E-state index contributed by atoms with van der Waals surface area (Å²) in [6.07, 6.45) is 3.17. The van der Waals surface area contributed by atoms with E-state index in [0.717, 1.165) is 30.7 Å². The van der Waals surface area contributed by atoms with Gasteiger partial charge in [-0.2, -0.15) is 13.0 Å². The van der Waals surface area contributed by atoms with Crippen LogP contribution in [-0.4, -0.2) is 55.2 Å². The van der Waals surface area contributed by atoms with Gasteiger partial charge in [-0.05, 0) is 48.4 Å². The molecule has 0 aliphatic carbocycles. The predicted octanol–water partition coefficient (Wildman–Crippen LogP) is 5.17. The molecule has 0 radical (unpaired) electrons. The second-order valence-corrected chi connectivity index (χ2v) is 15.7. The first-order valence-corrected chi connectivity index (χ1v) is 18.1. The normalized spacial score (nSPS) is 16.9. The molecule has 2 heterocycles. The first kappa shape index (κ1) is 32.2. The Morgan fingerprint density at radius 2 is 1.80 bits per heavy atom. The topological polar surface area (TPSA) is 139 Å². The number of thiazole rings is 1. The lowest BCUT2D eigenvalue weighted by molar-refractivity contribution is -0.674. The SMILES string of the molecule is CCC(/C=C1\Sc2ccc(Cl)cc2N1CC(O)CS(=O)(=O)O)=C\c1sc2ccc(Cl)cc2[n+]1CC(C)CS(=O)(=O)[O-]. The maximum Gasteiger partial charge on any atom is 0.267 e. The van der Waals surface area contributed by atoms with Crippen LogP contribution in [0.25, 0.3) is 16.3 Å². The van der Waals surface area contributed by atoms with Crippen molar-refractivity contribution in [2.45, 2.75) is 37.8 Å². The van der Waals surface area contributed by atoms with Crippen LogP contribution in [0.15, 0.2) is 58.0 Å². The van der Waals surface area contributed by atoms with Gasteiger partial charge in [0.2, 0.25) is 5.52 Å². The van der Waals surface area contributed by atoms with Gasteiger partial charge in [0.05, 0.1) is 33.5 Å². The Kier molecular flexibility index (Phi) is 10.1. The molecule has 1 aliphatic rings. The molecule has 41 heavy (non-hydrogen) atoms. The lowest BCUT2D eigenvalue weighted by Gasteiger charge is -2.23. The Balaban J connectivity index is 1.75. The van der Waals surface area contributed by atoms with Crippen LogP contribution < -0.4 is 9.47 Å². The minimum atomic E-state index is -4.40. The highest BCUT2D eigenvalue weighted by Gasteiger charge is 2.29. The number of aromatic nitrogens is 1. The van der Waals surface area contributed by atoms with Crippen LogP contribution in [0.3, 0.4) is 0 Å². The van der Waals surface area contributed by atoms with Crippen molar-refractivity contribution in [3.05, 3.63) is 68.1 Å². The number of allylic oxidation sites excluding steroid dienone is 2. The lowest BCUT2D eigenvalue weighted by atomic mass is 10.1. The van der Waals surface area contributed by atoms with Gasteiger partial charge in [-0.25, -0.2) is 8.42 Å². The van der Waals surface area contributed by atoms with E-state index in [0.29, 0.717) is 22.2 Å². The van der Waals surface area contributed by atoms with Crippen LogP contribution in [0.1, 0.15) is 25.3 Å². The number of rotatable bonds is 11. The summed E-state index contributed by atoms with van der Waals surface area (Å²) >= 11 is 15.4. The van der Waals surface area contributed by atoms with Gasteiger partial charge < -0.3 is 14.6 Å². The fourth-order valence-corrected chi connectivity index (χ4v) is 8.51. The molecule has 15 heteroatoms. The number of aliphatic hydroxyl groups excluding tert-OH is 1. The molecule has 0 fully saturated rings. The van der Waals surface area contributed by atoms with Crippen molar-refractivity contribution < 1.29 is 35.6 Å². The van der Waals surface area contributed by atoms with Crippen molar-refractivity contribution in [2.75, 3.05) is 23.0 Å². The molecule has 2 atom stereocenters. The third kappa shape index (κ3) is 8.68. The molecule has 1 aliphatic heterocycles. The third-order valence-corrected chi connectivity index (χ3v) is 10.7. The summed E-state index contributed by atoms with van der Waals surface area (Å²) < 4.78 is 69.1. The molecule has 2 N–H and O–H groups in total. The molecular weight excluding hydrogens is 651 g/mol. The van der Waals surface area contributed by atoms with Crippen LogP contribution in [0.4, 0.5) is 5.69 Å². The van der Waals surface area contributed by atoms with Crippen LogP contribution in [0, 0.1) is 5.92 Å². The van der Waals surface area contributed by atoms with E-state index in [1.807, 2.05) is 35.8 Å². The number of aliphatic hydroxyl groups is 1. The Bertz CT molecular complexity index is 1740. The van der Waals surface area contributed by atoms with E-state index >= 15 is 0 Å². The number of benzene rings is 2. The fourth-order valence-electron chi connectivity index (χ4n) is 4.52. The second-order valence-electron chi connectivity index (χ2n) is 9.77. The predicted molar refractivity (Wildman–Crippen MR) is 164 cm³/mol. The molecule has 2 aromatic carbocycles. The fraction of sp³-hybridized carbons (Fsp3) is 0.346. The zero-order valence-corrected chi connectivity index (χ0v) is 26.8. The molecule has 4 rings (SSSR count). The first-order chi connectivity index (χ1) is 19.1. The molecule has 1 aromatic heterocycles. The minimum absolute atomic E-state index is 0.0917. The molecule has 0 bridgehead atoms. The van der Waals surface area contributed by atoms with E-state index in [1.54, 1.807) is 36.1 Å². The number of nitrogens with zero attached hydrogens (tertiary/aromatic N) is 2. The summed E-state index contributed by atoms with van der Waals surface area (Å²) in [5.41, 5.74) is 2.42. The van der Waals surface area contributed by atoms with Gasteiger partial charge in [-0.1, -0.05) is 60.1 Å². The van der Waals surface area contributed by atoms with Gasteiger partial charge in [0, 0.05) is 38.8 Å². The molecule has 0 saturated heterocycles. The van der Waals surface area contributed by atoms with Gasteiger partial charge in [-0.15, -0.1) is 0 Å². The van der Waals surface area contributed by atoms with Gasteiger partial charge in [0.25, 0.3) is 15.1 Å². The van der Waals surface area contributed by atoms with E-state index in [-0.39, 0.29) is 13.1 Å². The first-order valence-electron chi connectivity index (χ1n) is 12.5. The van der Waals surface area contributed by atoms with Crippen molar-refractivity contribution in [3.8, 4) is 0 Å². The average molecular weight is 680 g/mol. The number of thioether (sulfide) groups is 1. The van der Waals surface area contributed by atoms with E-state index in [1.165, 1.54) is 23.1 Å². The van der Waals surface area contributed by atoms with E-state index in [4.69, 9.17) is 23.2 Å². The molecule has 0 spiro atoms. The lowest BCUT2D eigenvalue weighted by Crippen LogP contribution is -2.40. The Labute approximate surface area is 257 Å². The van der Waals surface area contributed by atoms with Crippen molar-refractivity contribution in [1.82, 2.24) is 0 Å². The number of β-amino-alcohol motifs (C(OH)–C–C–N with tert-alkyl or cyclic N) is 1. The molecular formula is C26H28Cl2N2O7S4. The van der Waals surface area contributed by atoms with Crippen molar-refractivity contribution >= 4 is 88.5 Å². The standard InChI is InChI=1S/C26H28Cl2N2O7S4/c1-3-17(8-25-29(12-16(2)14-40(32,33)34)21-10-18(27)4-6-23(21)38-25)9-26-30(13-20(31)15-41(35,36)37)22-11-19(28)5-7-24(22)39-26/h4-11,16,20,31H,3,12-15H2,1-2H3,(H-,32,33,34,35,36,37). The smallest absolute Gasteiger partial charge is 0.267 e. The summed E-state index contributed by atoms with van der Waals surface area (Å²) in [6, 6.07) is 10.8. The number of halogens is 2. The van der Waals surface area contributed by atoms with E-state index in [2.05, 4.69) is 0 Å². The number of hydrogen-bond acceptors (Lipinski definition) is 9. The monoisotopic (exact) mass is 678 g/mol. The van der Waals surface area contributed by atoms with Crippen molar-refractivity contribution in [1.29, 1.82) is 0 Å². The van der Waals surface area contributed by atoms with E-state index < -0.39 is 43.8 Å². The average Bonchev–Trinajstić information content (AvgIpc) is 3.33. The number of hydrogen-bond donors (Lipinski definition) is 2. The van der Waals surface area contributed by atoms with E-state index in [9.17, 15) is 31.0 Å². The number of fused-ring (bicyclic) bond motifs is 2.